The first-order valence-electron chi connectivity index (χ1n) is 8.94. The summed E-state index contributed by atoms with van der Waals surface area (Å²) in [6.07, 6.45) is 4.13. The number of carbonyl (C=O) groups excluding carboxylic acids is 1. The van der Waals surface area contributed by atoms with E-state index in [1.807, 2.05) is 6.07 Å². The molecule has 128 valence electrons. The highest BCUT2D eigenvalue weighted by Crippen LogP contribution is 2.26. The summed E-state index contributed by atoms with van der Waals surface area (Å²) in [6.45, 7) is 7.19. The lowest BCUT2D eigenvalue weighted by molar-refractivity contribution is -0.122. The number of amides is 1. The Morgan fingerprint density at radius 1 is 1.30 bits per heavy atom. The van der Waals surface area contributed by atoms with E-state index in [2.05, 4.69) is 48.3 Å². The number of nitrogens with one attached hydrogen (secondary N) is 1. The van der Waals surface area contributed by atoms with Gasteiger partial charge >= 0.3 is 0 Å². The van der Waals surface area contributed by atoms with Gasteiger partial charge < -0.3 is 11.1 Å². The number of carbonyl (C=O) groups is 1. The number of rotatable bonds is 7. The van der Waals surface area contributed by atoms with Crippen LogP contribution in [0.5, 0.6) is 0 Å². The first-order chi connectivity index (χ1) is 11.1. The SMILES string of the molecule is CCCC(N)C(=O)NCC(c1ccccc1)N1CCC(C)CC1. The van der Waals surface area contributed by atoms with Crippen LogP contribution in [-0.2, 0) is 4.79 Å². The van der Waals surface area contributed by atoms with Gasteiger partial charge in [0.1, 0.15) is 0 Å². The van der Waals surface area contributed by atoms with Gasteiger partial charge in [0.05, 0.1) is 12.1 Å². The monoisotopic (exact) mass is 317 g/mol. The van der Waals surface area contributed by atoms with Crippen molar-refractivity contribution in [3.05, 3.63) is 35.9 Å². The summed E-state index contributed by atoms with van der Waals surface area (Å²) in [4.78, 5) is 14.6. The first kappa shape index (κ1) is 18.0. The lowest BCUT2D eigenvalue weighted by Gasteiger charge is -2.37. The summed E-state index contributed by atoms with van der Waals surface area (Å²) in [6, 6.07) is 10.3. The maximum absolute atomic E-state index is 12.1. The molecule has 0 bridgehead atoms. The predicted molar refractivity (Wildman–Crippen MR) is 95.0 cm³/mol. The van der Waals surface area contributed by atoms with E-state index in [1.54, 1.807) is 0 Å². The van der Waals surface area contributed by atoms with Gasteiger partial charge in [0.15, 0.2) is 0 Å². The topological polar surface area (TPSA) is 58.4 Å². The fourth-order valence-electron chi connectivity index (χ4n) is 3.24. The molecular formula is C19H31N3O. The average Bonchev–Trinajstić information content (AvgIpc) is 2.57. The molecule has 1 heterocycles. The first-order valence-corrected chi connectivity index (χ1v) is 8.94. The van der Waals surface area contributed by atoms with E-state index in [4.69, 9.17) is 5.73 Å². The third-order valence-electron chi connectivity index (χ3n) is 4.85. The number of nitrogens with zero attached hydrogens (tertiary/aromatic N) is 1. The van der Waals surface area contributed by atoms with E-state index < -0.39 is 6.04 Å². The predicted octanol–water partition coefficient (Wildman–Crippen LogP) is 2.70. The fraction of sp³-hybridized carbons (Fsp3) is 0.632. The molecular weight excluding hydrogens is 286 g/mol. The number of hydrogen-bond acceptors (Lipinski definition) is 3. The summed E-state index contributed by atoms with van der Waals surface area (Å²) in [7, 11) is 0. The molecule has 1 aliphatic rings. The molecule has 0 aromatic heterocycles. The Balaban J connectivity index is 2.01. The normalized spacial score (nSPS) is 19.3. The van der Waals surface area contributed by atoms with Crippen molar-refractivity contribution in [2.75, 3.05) is 19.6 Å². The van der Waals surface area contributed by atoms with Crippen molar-refractivity contribution >= 4 is 5.91 Å². The molecule has 4 nitrogen and oxygen atoms in total. The zero-order valence-electron chi connectivity index (χ0n) is 14.5. The van der Waals surface area contributed by atoms with Crippen LogP contribution >= 0.6 is 0 Å². The van der Waals surface area contributed by atoms with Crippen LogP contribution in [0.25, 0.3) is 0 Å². The smallest absolute Gasteiger partial charge is 0.236 e. The molecule has 0 saturated carbocycles. The molecule has 1 aliphatic heterocycles. The second-order valence-electron chi connectivity index (χ2n) is 6.79. The third kappa shape index (κ3) is 5.33. The Kier molecular flexibility index (Phi) is 7.06. The lowest BCUT2D eigenvalue weighted by atomic mass is 9.95. The molecule has 1 amide bonds. The van der Waals surface area contributed by atoms with E-state index in [-0.39, 0.29) is 11.9 Å². The van der Waals surface area contributed by atoms with Gasteiger partial charge in [0, 0.05) is 6.54 Å². The van der Waals surface area contributed by atoms with Crippen molar-refractivity contribution in [2.45, 2.75) is 51.6 Å². The van der Waals surface area contributed by atoms with Crippen molar-refractivity contribution in [3.8, 4) is 0 Å². The molecule has 3 N–H and O–H groups in total. The van der Waals surface area contributed by atoms with Crippen LogP contribution in [0, 0.1) is 5.92 Å². The minimum Gasteiger partial charge on any atom is -0.353 e. The number of likely N-dealkylation sites (tertiary alicyclic amines) is 1. The van der Waals surface area contributed by atoms with Gasteiger partial charge in [-0.15, -0.1) is 0 Å². The molecule has 0 radical (unpaired) electrons. The van der Waals surface area contributed by atoms with Crippen molar-refractivity contribution < 1.29 is 4.79 Å². The zero-order valence-corrected chi connectivity index (χ0v) is 14.5. The van der Waals surface area contributed by atoms with Crippen LogP contribution in [0.1, 0.15) is 51.1 Å². The van der Waals surface area contributed by atoms with Crippen LogP contribution in [0.2, 0.25) is 0 Å². The van der Waals surface area contributed by atoms with Crippen molar-refractivity contribution in [1.82, 2.24) is 10.2 Å². The highest BCUT2D eigenvalue weighted by molar-refractivity contribution is 5.81. The number of nitrogens with two attached hydrogens (primary N) is 1. The van der Waals surface area contributed by atoms with E-state index >= 15 is 0 Å². The van der Waals surface area contributed by atoms with Crippen LogP contribution in [0.3, 0.4) is 0 Å². The maximum atomic E-state index is 12.1. The van der Waals surface area contributed by atoms with E-state index in [0.717, 1.165) is 31.8 Å². The van der Waals surface area contributed by atoms with E-state index in [1.165, 1.54) is 18.4 Å². The third-order valence-corrected chi connectivity index (χ3v) is 4.85. The van der Waals surface area contributed by atoms with Crippen LogP contribution in [-0.4, -0.2) is 36.5 Å². The minimum atomic E-state index is -0.391. The van der Waals surface area contributed by atoms with E-state index in [9.17, 15) is 4.79 Å². The van der Waals surface area contributed by atoms with Crippen LogP contribution in [0.4, 0.5) is 0 Å². The Bertz CT molecular complexity index is 469. The van der Waals surface area contributed by atoms with Crippen molar-refractivity contribution in [3.63, 3.8) is 0 Å². The molecule has 2 unspecified atom stereocenters. The lowest BCUT2D eigenvalue weighted by Crippen LogP contribution is -2.46. The molecule has 23 heavy (non-hydrogen) atoms. The molecule has 1 aromatic rings. The second-order valence-corrected chi connectivity index (χ2v) is 6.79. The number of hydrogen-bond donors (Lipinski definition) is 2. The Hall–Kier alpha value is -1.39. The Labute approximate surface area is 140 Å². The maximum Gasteiger partial charge on any atom is 0.236 e. The van der Waals surface area contributed by atoms with Crippen molar-refractivity contribution in [1.29, 1.82) is 0 Å². The van der Waals surface area contributed by atoms with Gasteiger partial charge in [-0.3, -0.25) is 9.69 Å². The summed E-state index contributed by atoms with van der Waals surface area (Å²) < 4.78 is 0. The molecule has 4 heteroatoms. The molecule has 2 rings (SSSR count). The van der Waals surface area contributed by atoms with Gasteiger partial charge in [-0.25, -0.2) is 0 Å². The van der Waals surface area contributed by atoms with Gasteiger partial charge in [-0.05, 0) is 43.8 Å². The highest BCUT2D eigenvalue weighted by Gasteiger charge is 2.25. The summed E-state index contributed by atoms with van der Waals surface area (Å²) in [5, 5.41) is 3.07. The van der Waals surface area contributed by atoms with Gasteiger partial charge in [0.25, 0.3) is 0 Å². The molecule has 0 aliphatic carbocycles. The van der Waals surface area contributed by atoms with Crippen LogP contribution < -0.4 is 11.1 Å². The van der Waals surface area contributed by atoms with Crippen LogP contribution in [0.15, 0.2) is 30.3 Å². The highest BCUT2D eigenvalue weighted by atomic mass is 16.2. The van der Waals surface area contributed by atoms with E-state index in [0.29, 0.717) is 6.54 Å². The number of piperidine rings is 1. The van der Waals surface area contributed by atoms with Gasteiger partial charge in [-0.1, -0.05) is 50.6 Å². The molecule has 1 saturated heterocycles. The average molecular weight is 317 g/mol. The zero-order chi connectivity index (χ0) is 16.7. The fourth-order valence-corrected chi connectivity index (χ4v) is 3.24. The van der Waals surface area contributed by atoms with Gasteiger partial charge in [-0.2, -0.15) is 0 Å². The second kappa shape index (κ2) is 9.04. The summed E-state index contributed by atoms with van der Waals surface area (Å²) in [5.74, 6) is 0.772. The molecule has 1 aromatic carbocycles. The Morgan fingerprint density at radius 2 is 1.96 bits per heavy atom. The summed E-state index contributed by atoms with van der Waals surface area (Å²) in [5.41, 5.74) is 7.19. The molecule has 2 atom stereocenters. The Morgan fingerprint density at radius 3 is 2.57 bits per heavy atom. The van der Waals surface area contributed by atoms with Gasteiger partial charge in [0.2, 0.25) is 5.91 Å². The summed E-state index contributed by atoms with van der Waals surface area (Å²) >= 11 is 0. The standard InChI is InChI=1S/C19H31N3O/c1-3-7-17(20)19(23)21-14-18(16-8-5-4-6-9-16)22-12-10-15(2)11-13-22/h4-6,8-9,15,17-18H,3,7,10-14,20H2,1-2H3,(H,21,23). The van der Waals surface area contributed by atoms with Crippen molar-refractivity contribution in [2.24, 2.45) is 11.7 Å². The number of benzene rings is 1. The molecule has 1 fully saturated rings. The molecule has 0 spiro atoms. The largest absolute Gasteiger partial charge is 0.353 e. The minimum absolute atomic E-state index is 0.0295. The quantitative estimate of drug-likeness (QED) is 0.813.